The highest BCUT2D eigenvalue weighted by atomic mass is 16.5. The van der Waals surface area contributed by atoms with Gasteiger partial charge in [-0.1, -0.05) is 25.8 Å². The van der Waals surface area contributed by atoms with Crippen molar-refractivity contribution < 1.29 is 19.4 Å². The topological polar surface area (TPSA) is 93.5 Å². The Morgan fingerprint density at radius 1 is 1.37 bits per heavy atom. The Labute approximate surface area is 158 Å². The van der Waals surface area contributed by atoms with Crippen LogP contribution in [0.1, 0.15) is 55.1 Å². The van der Waals surface area contributed by atoms with Gasteiger partial charge in [0.1, 0.15) is 11.7 Å². The second kappa shape index (κ2) is 8.35. The lowest BCUT2D eigenvalue weighted by Crippen LogP contribution is -2.32. The van der Waals surface area contributed by atoms with Crippen LogP contribution in [0.3, 0.4) is 0 Å². The zero-order valence-electron chi connectivity index (χ0n) is 15.6. The van der Waals surface area contributed by atoms with Crippen LogP contribution in [0, 0.1) is 6.92 Å². The molecule has 1 fully saturated rings. The van der Waals surface area contributed by atoms with Gasteiger partial charge in [0.15, 0.2) is 0 Å². The summed E-state index contributed by atoms with van der Waals surface area (Å²) in [6.45, 7) is 3.64. The molecular weight excluding hydrogens is 346 g/mol. The van der Waals surface area contributed by atoms with Gasteiger partial charge >= 0.3 is 5.97 Å². The molecule has 2 N–H and O–H groups in total. The summed E-state index contributed by atoms with van der Waals surface area (Å²) in [4.78, 5) is 23.8. The number of carboxylic acids is 1. The van der Waals surface area contributed by atoms with Gasteiger partial charge in [-0.3, -0.25) is 4.79 Å². The van der Waals surface area contributed by atoms with E-state index in [4.69, 9.17) is 4.74 Å². The summed E-state index contributed by atoms with van der Waals surface area (Å²) in [7, 11) is 0. The number of hydrogen-bond acceptors (Lipinski definition) is 4. The molecule has 2 aromatic rings. The molecule has 0 bridgehead atoms. The molecule has 144 valence electrons. The number of anilines is 1. The third-order valence-electron chi connectivity index (χ3n) is 4.92. The lowest BCUT2D eigenvalue weighted by atomic mass is 10.2. The van der Waals surface area contributed by atoms with Crippen molar-refractivity contribution in [2.75, 3.05) is 5.32 Å². The summed E-state index contributed by atoms with van der Waals surface area (Å²) in [6.07, 6.45) is 6.00. The number of aromatic nitrogens is 2. The fourth-order valence-electron chi connectivity index (χ4n) is 3.42. The van der Waals surface area contributed by atoms with E-state index in [0.717, 1.165) is 25.7 Å². The van der Waals surface area contributed by atoms with Crippen LogP contribution in [0.15, 0.2) is 30.5 Å². The van der Waals surface area contributed by atoms with E-state index in [1.54, 1.807) is 29.8 Å². The van der Waals surface area contributed by atoms with Crippen LogP contribution >= 0.6 is 0 Å². The quantitative estimate of drug-likeness (QED) is 0.776. The van der Waals surface area contributed by atoms with Crippen molar-refractivity contribution >= 4 is 17.6 Å². The summed E-state index contributed by atoms with van der Waals surface area (Å²) in [5, 5.41) is 16.2. The molecule has 1 aromatic carbocycles. The lowest BCUT2D eigenvalue weighted by molar-refractivity contribution is -0.131. The molecule has 27 heavy (non-hydrogen) atoms. The van der Waals surface area contributed by atoms with Crippen molar-refractivity contribution in [3.8, 4) is 5.69 Å². The first-order valence-corrected chi connectivity index (χ1v) is 9.34. The molecule has 0 radical (unpaired) electrons. The van der Waals surface area contributed by atoms with Crippen LogP contribution in [0.4, 0.5) is 5.69 Å². The van der Waals surface area contributed by atoms with Gasteiger partial charge in [0.25, 0.3) is 5.91 Å². The SMILES string of the molecule is CCC(OC1CCCC1)C(=O)Nc1cccc(-n2ncc(C(=O)O)c2C)c1. The zero-order valence-corrected chi connectivity index (χ0v) is 15.6. The fourth-order valence-corrected chi connectivity index (χ4v) is 3.42. The van der Waals surface area contributed by atoms with Crippen molar-refractivity contribution in [1.29, 1.82) is 0 Å². The van der Waals surface area contributed by atoms with Gasteiger partial charge in [0.05, 0.1) is 23.7 Å². The molecule has 7 nitrogen and oxygen atoms in total. The van der Waals surface area contributed by atoms with Gasteiger partial charge in [-0.15, -0.1) is 0 Å². The fraction of sp³-hybridized carbons (Fsp3) is 0.450. The first-order valence-electron chi connectivity index (χ1n) is 9.34. The maximum atomic E-state index is 12.6. The van der Waals surface area contributed by atoms with Gasteiger partial charge < -0.3 is 15.2 Å². The highest BCUT2D eigenvalue weighted by Gasteiger charge is 2.24. The smallest absolute Gasteiger partial charge is 0.339 e. The minimum absolute atomic E-state index is 0.153. The first-order chi connectivity index (χ1) is 13.0. The molecule has 1 atom stereocenters. The molecule has 1 aliphatic carbocycles. The van der Waals surface area contributed by atoms with Crippen molar-refractivity contribution in [3.05, 3.63) is 41.7 Å². The number of carbonyl (C=O) groups excluding carboxylic acids is 1. The number of benzene rings is 1. The number of carbonyl (C=O) groups is 2. The number of hydrogen-bond donors (Lipinski definition) is 2. The van der Waals surface area contributed by atoms with Crippen LogP contribution in [-0.2, 0) is 9.53 Å². The normalized spacial score (nSPS) is 15.6. The largest absolute Gasteiger partial charge is 0.478 e. The number of rotatable bonds is 7. The lowest BCUT2D eigenvalue weighted by Gasteiger charge is -2.20. The van der Waals surface area contributed by atoms with E-state index in [1.807, 2.05) is 13.0 Å². The highest BCUT2D eigenvalue weighted by Crippen LogP contribution is 2.24. The number of aromatic carboxylic acids is 1. The van der Waals surface area contributed by atoms with Crippen LogP contribution in [0.25, 0.3) is 5.69 Å². The molecule has 0 aliphatic heterocycles. The van der Waals surface area contributed by atoms with Crippen molar-refractivity contribution in [2.45, 2.75) is 58.2 Å². The molecule has 1 aromatic heterocycles. The number of amides is 1. The maximum absolute atomic E-state index is 12.6. The number of nitrogens with one attached hydrogen (secondary N) is 1. The number of nitrogens with zero attached hydrogens (tertiary/aromatic N) is 2. The number of ether oxygens (including phenoxy) is 1. The predicted molar refractivity (Wildman–Crippen MR) is 101 cm³/mol. The molecule has 1 amide bonds. The molecular formula is C20H25N3O4. The van der Waals surface area contributed by atoms with Crippen molar-refractivity contribution in [1.82, 2.24) is 9.78 Å². The van der Waals surface area contributed by atoms with E-state index in [1.165, 1.54) is 6.20 Å². The number of carboxylic acid groups (broad SMARTS) is 1. The van der Waals surface area contributed by atoms with E-state index in [9.17, 15) is 14.7 Å². The average molecular weight is 371 g/mol. The minimum Gasteiger partial charge on any atom is -0.478 e. The summed E-state index contributed by atoms with van der Waals surface area (Å²) in [5.41, 5.74) is 1.99. The van der Waals surface area contributed by atoms with Crippen molar-refractivity contribution in [2.24, 2.45) is 0 Å². The van der Waals surface area contributed by atoms with E-state index in [-0.39, 0.29) is 17.6 Å². The van der Waals surface area contributed by atoms with Crippen molar-refractivity contribution in [3.63, 3.8) is 0 Å². The van der Waals surface area contributed by atoms with Crippen LogP contribution in [0.2, 0.25) is 0 Å². The Morgan fingerprint density at radius 2 is 2.11 bits per heavy atom. The molecule has 1 saturated carbocycles. The summed E-state index contributed by atoms with van der Waals surface area (Å²) < 4.78 is 7.51. The standard InChI is InChI=1S/C20H25N3O4/c1-3-18(27-16-9-4-5-10-16)19(24)22-14-7-6-8-15(11-14)23-13(2)17(12-21-23)20(25)26/h6-8,11-12,16,18H,3-5,9-10H2,1-2H3,(H,22,24)(H,25,26). The summed E-state index contributed by atoms with van der Waals surface area (Å²) >= 11 is 0. The molecule has 0 spiro atoms. The van der Waals surface area contributed by atoms with Gasteiger partial charge in [0, 0.05) is 5.69 Å². The summed E-state index contributed by atoms with van der Waals surface area (Å²) in [5.74, 6) is -1.18. The Balaban J connectivity index is 1.73. The third kappa shape index (κ3) is 4.36. The van der Waals surface area contributed by atoms with E-state index in [2.05, 4.69) is 10.4 Å². The van der Waals surface area contributed by atoms with E-state index >= 15 is 0 Å². The highest BCUT2D eigenvalue weighted by molar-refractivity contribution is 5.94. The first kappa shape index (κ1) is 19.1. The van der Waals surface area contributed by atoms with Gasteiger partial charge in [-0.25, -0.2) is 9.48 Å². The average Bonchev–Trinajstić information content (AvgIpc) is 3.29. The summed E-state index contributed by atoms with van der Waals surface area (Å²) in [6, 6.07) is 7.17. The molecule has 1 unspecified atom stereocenters. The Morgan fingerprint density at radius 3 is 2.74 bits per heavy atom. The predicted octanol–water partition coefficient (Wildman–Crippen LogP) is 3.56. The molecule has 1 aliphatic rings. The van der Waals surface area contributed by atoms with Gasteiger partial charge in [0.2, 0.25) is 0 Å². The second-order valence-electron chi connectivity index (χ2n) is 6.84. The zero-order chi connectivity index (χ0) is 19.4. The second-order valence-corrected chi connectivity index (χ2v) is 6.84. The molecule has 7 heteroatoms. The molecule has 1 heterocycles. The minimum atomic E-state index is -1.02. The Kier molecular flexibility index (Phi) is 5.91. The Bertz CT molecular complexity index is 824. The molecule has 0 saturated heterocycles. The molecule has 3 rings (SSSR count). The third-order valence-corrected chi connectivity index (χ3v) is 4.92. The van der Waals surface area contributed by atoms with E-state index in [0.29, 0.717) is 23.5 Å². The monoisotopic (exact) mass is 371 g/mol. The Hall–Kier alpha value is -2.67. The van der Waals surface area contributed by atoms with Crippen LogP contribution < -0.4 is 5.32 Å². The van der Waals surface area contributed by atoms with Gasteiger partial charge in [-0.05, 0) is 44.4 Å². The van der Waals surface area contributed by atoms with E-state index < -0.39 is 12.1 Å². The van der Waals surface area contributed by atoms with Gasteiger partial charge in [-0.2, -0.15) is 5.10 Å². The van der Waals surface area contributed by atoms with Crippen LogP contribution in [0.5, 0.6) is 0 Å². The van der Waals surface area contributed by atoms with Crippen LogP contribution in [-0.4, -0.2) is 39.0 Å². The maximum Gasteiger partial charge on any atom is 0.339 e.